The summed E-state index contributed by atoms with van der Waals surface area (Å²) in [6, 6.07) is 0. The second-order valence-electron chi connectivity index (χ2n) is 5.29. The molecule has 0 fully saturated rings. The molecule has 3 heteroatoms. The molecule has 0 aromatic carbocycles. The largest absolute Gasteiger partial charge is 0.459 e. The minimum absolute atomic E-state index is 0.327. The maximum absolute atomic E-state index is 10.9. The molecule has 0 aromatic rings. The van der Waals surface area contributed by atoms with Crippen LogP contribution in [0.1, 0.15) is 48.5 Å². The molecule has 0 unspecified atom stereocenters. The van der Waals surface area contributed by atoms with Crippen LogP contribution in [0.2, 0.25) is 0 Å². The number of hydrogen-bond donors (Lipinski definition) is 1. The van der Waals surface area contributed by atoms with Crippen LogP contribution in [-0.2, 0) is 9.53 Å². The van der Waals surface area contributed by atoms with E-state index in [1.165, 1.54) is 6.92 Å². The van der Waals surface area contributed by atoms with Crippen molar-refractivity contribution in [1.29, 1.82) is 0 Å². The van der Waals surface area contributed by atoms with Crippen LogP contribution in [0.4, 0.5) is 0 Å². The highest BCUT2D eigenvalue weighted by Gasteiger charge is 2.49. The fourth-order valence-electron chi connectivity index (χ4n) is 1.22. The Bertz CT molecular complexity index is 221. The molecule has 0 aromatic heterocycles. The van der Waals surface area contributed by atoms with Crippen LogP contribution in [0.25, 0.3) is 0 Å². The van der Waals surface area contributed by atoms with E-state index >= 15 is 0 Å². The predicted octanol–water partition coefficient (Wildman–Crippen LogP) is 2.13. The average molecular weight is 202 g/mol. The molecule has 0 amide bonds. The summed E-state index contributed by atoms with van der Waals surface area (Å²) in [4.78, 5) is 10.9. The standard InChI is InChI=1S/C11H22O3/c1-8(12)14-11(6,7)9(2,3)10(4,5)13/h13H,1-7H3. The van der Waals surface area contributed by atoms with Crippen LogP contribution < -0.4 is 0 Å². The third kappa shape index (κ3) is 2.47. The van der Waals surface area contributed by atoms with Gasteiger partial charge in [0.25, 0.3) is 0 Å². The van der Waals surface area contributed by atoms with Gasteiger partial charge in [-0.05, 0) is 27.7 Å². The molecule has 0 spiro atoms. The van der Waals surface area contributed by atoms with E-state index in [-0.39, 0.29) is 5.97 Å². The third-order valence-corrected chi connectivity index (χ3v) is 3.43. The summed E-state index contributed by atoms with van der Waals surface area (Å²) in [6.07, 6.45) is 0. The van der Waals surface area contributed by atoms with Gasteiger partial charge in [0.2, 0.25) is 0 Å². The molecule has 0 heterocycles. The summed E-state index contributed by atoms with van der Waals surface area (Å²) in [5, 5.41) is 10.0. The maximum Gasteiger partial charge on any atom is 0.303 e. The van der Waals surface area contributed by atoms with Crippen molar-refractivity contribution in [2.75, 3.05) is 0 Å². The van der Waals surface area contributed by atoms with Crippen molar-refractivity contribution in [3.63, 3.8) is 0 Å². The van der Waals surface area contributed by atoms with Crippen LogP contribution in [-0.4, -0.2) is 22.3 Å². The van der Waals surface area contributed by atoms with E-state index in [2.05, 4.69) is 0 Å². The van der Waals surface area contributed by atoms with Crippen LogP contribution in [0.15, 0.2) is 0 Å². The Balaban J connectivity index is 4.97. The molecule has 3 nitrogen and oxygen atoms in total. The van der Waals surface area contributed by atoms with Gasteiger partial charge in [-0.2, -0.15) is 0 Å². The van der Waals surface area contributed by atoms with Crippen LogP contribution in [0, 0.1) is 5.41 Å². The van der Waals surface area contributed by atoms with Crippen molar-refractivity contribution in [1.82, 2.24) is 0 Å². The third-order valence-electron chi connectivity index (χ3n) is 3.43. The zero-order valence-electron chi connectivity index (χ0n) is 10.3. The van der Waals surface area contributed by atoms with Crippen molar-refractivity contribution >= 4 is 5.97 Å². The van der Waals surface area contributed by atoms with Gasteiger partial charge < -0.3 is 9.84 Å². The van der Waals surface area contributed by atoms with Gasteiger partial charge in [-0.3, -0.25) is 4.79 Å². The molecule has 0 aliphatic carbocycles. The predicted molar refractivity (Wildman–Crippen MR) is 55.9 cm³/mol. The lowest BCUT2D eigenvalue weighted by atomic mass is 9.66. The first-order valence-corrected chi connectivity index (χ1v) is 4.84. The van der Waals surface area contributed by atoms with Crippen LogP contribution >= 0.6 is 0 Å². The molecule has 0 aliphatic heterocycles. The smallest absolute Gasteiger partial charge is 0.303 e. The number of carbonyl (C=O) groups excluding carboxylic acids is 1. The van der Waals surface area contributed by atoms with Crippen molar-refractivity contribution in [3.05, 3.63) is 0 Å². The minimum Gasteiger partial charge on any atom is -0.459 e. The summed E-state index contributed by atoms with van der Waals surface area (Å²) in [5.41, 5.74) is -2.13. The van der Waals surface area contributed by atoms with Gasteiger partial charge in [-0.15, -0.1) is 0 Å². The highest BCUT2D eigenvalue weighted by atomic mass is 16.6. The molecule has 0 radical (unpaired) electrons. The number of hydrogen-bond acceptors (Lipinski definition) is 3. The van der Waals surface area contributed by atoms with Crippen molar-refractivity contribution in [2.24, 2.45) is 5.41 Å². The summed E-state index contributed by atoms with van der Waals surface area (Å²) in [7, 11) is 0. The summed E-state index contributed by atoms with van der Waals surface area (Å²) in [5.74, 6) is -0.327. The summed E-state index contributed by atoms with van der Waals surface area (Å²) >= 11 is 0. The molecular weight excluding hydrogens is 180 g/mol. The van der Waals surface area contributed by atoms with Crippen LogP contribution in [0.5, 0.6) is 0 Å². The van der Waals surface area contributed by atoms with E-state index in [9.17, 15) is 9.90 Å². The number of ether oxygens (including phenoxy) is 1. The monoisotopic (exact) mass is 202 g/mol. The van der Waals surface area contributed by atoms with E-state index in [4.69, 9.17) is 4.74 Å². The Morgan fingerprint density at radius 3 is 1.64 bits per heavy atom. The summed E-state index contributed by atoms with van der Waals surface area (Å²) in [6.45, 7) is 12.2. The quantitative estimate of drug-likeness (QED) is 0.713. The normalized spacial score (nSPS) is 14.0. The molecule has 0 saturated carbocycles. The lowest BCUT2D eigenvalue weighted by Crippen LogP contribution is -2.54. The maximum atomic E-state index is 10.9. The number of aliphatic hydroxyl groups is 1. The molecule has 0 bridgehead atoms. The second-order valence-corrected chi connectivity index (χ2v) is 5.29. The first-order valence-electron chi connectivity index (χ1n) is 4.84. The Morgan fingerprint density at radius 2 is 1.43 bits per heavy atom. The van der Waals surface area contributed by atoms with Gasteiger partial charge in [-0.25, -0.2) is 0 Å². The molecule has 0 rings (SSSR count). The van der Waals surface area contributed by atoms with Crippen molar-refractivity contribution in [2.45, 2.75) is 59.7 Å². The first kappa shape index (κ1) is 13.4. The SMILES string of the molecule is CC(=O)OC(C)(C)C(C)(C)C(C)(C)O. The molecule has 0 atom stereocenters. The lowest BCUT2D eigenvalue weighted by molar-refractivity contribution is -0.189. The number of carbonyl (C=O) groups is 1. The van der Waals surface area contributed by atoms with E-state index in [0.717, 1.165) is 0 Å². The van der Waals surface area contributed by atoms with Gasteiger partial charge >= 0.3 is 5.97 Å². The highest BCUT2D eigenvalue weighted by molar-refractivity contribution is 5.66. The Hall–Kier alpha value is -0.570. The number of rotatable bonds is 3. The van der Waals surface area contributed by atoms with E-state index < -0.39 is 16.6 Å². The first-order chi connectivity index (χ1) is 5.92. The average Bonchev–Trinajstić information content (AvgIpc) is 1.80. The molecule has 84 valence electrons. The Labute approximate surface area is 86.5 Å². The molecule has 1 N–H and O–H groups in total. The second kappa shape index (κ2) is 3.54. The fraction of sp³-hybridized carbons (Fsp3) is 0.909. The fourth-order valence-corrected chi connectivity index (χ4v) is 1.22. The van der Waals surface area contributed by atoms with E-state index in [1.54, 1.807) is 13.8 Å². The zero-order chi connectivity index (χ0) is 11.8. The van der Waals surface area contributed by atoms with Gasteiger partial charge in [-0.1, -0.05) is 13.8 Å². The van der Waals surface area contributed by atoms with E-state index in [0.29, 0.717) is 0 Å². The van der Waals surface area contributed by atoms with Gasteiger partial charge in [0.1, 0.15) is 5.60 Å². The summed E-state index contributed by atoms with van der Waals surface area (Å²) < 4.78 is 5.23. The van der Waals surface area contributed by atoms with Crippen molar-refractivity contribution < 1.29 is 14.6 Å². The van der Waals surface area contributed by atoms with E-state index in [1.807, 2.05) is 27.7 Å². The number of esters is 1. The molecular formula is C11H22O3. The van der Waals surface area contributed by atoms with Gasteiger partial charge in [0.15, 0.2) is 0 Å². The van der Waals surface area contributed by atoms with Gasteiger partial charge in [0.05, 0.1) is 5.60 Å². The lowest BCUT2D eigenvalue weighted by Gasteiger charge is -2.48. The Kier molecular flexibility index (Phi) is 3.39. The molecule has 0 aliphatic rings. The van der Waals surface area contributed by atoms with Crippen molar-refractivity contribution in [3.8, 4) is 0 Å². The minimum atomic E-state index is -0.911. The van der Waals surface area contributed by atoms with Gasteiger partial charge in [0, 0.05) is 12.3 Å². The Morgan fingerprint density at radius 1 is 1.07 bits per heavy atom. The highest BCUT2D eigenvalue weighted by Crippen LogP contribution is 2.42. The molecule has 0 saturated heterocycles. The zero-order valence-corrected chi connectivity index (χ0v) is 10.3. The van der Waals surface area contributed by atoms with Crippen LogP contribution in [0.3, 0.4) is 0 Å². The topological polar surface area (TPSA) is 46.5 Å². The molecule has 14 heavy (non-hydrogen) atoms.